The minimum absolute atomic E-state index is 0.199. The summed E-state index contributed by atoms with van der Waals surface area (Å²) in [7, 11) is 0. The number of rotatable bonds is 17. The van der Waals surface area contributed by atoms with Crippen molar-refractivity contribution in [3.8, 4) is 17.2 Å². The van der Waals surface area contributed by atoms with Crippen LogP contribution >= 0.6 is 0 Å². The van der Waals surface area contributed by atoms with Crippen molar-refractivity contribution in [2.75, 3.05) is 13.2 Å². The molecule has 1 fully saturated rings. The summed E-state index contributed by atoms with van der Waals surface area (Å²) in [6, 6.07) is 8.97. The zero-order chi connectivity index (χ0) is 28.6. The second-order valence-corrected chi connectivity index (χ2v) is 10.9. The molecule has 0 aliphatic heterocycles. The van der Waals surface area contributed by atoms with E-state index in [1.807, 2.05) is 0 Å². The first-order valence-corrected chi connectivity index (χ1v) is 15.2. The van der Waals surface area contributed by atoms with E-state index in [1.165, 1.54) is 63.5 Å². The molecule has 0 unspecified atom stereocenters. The lowest BCUT2D eigenvalue weighted by molar-refractivity contribution is 0.0728. The highest BCUT2D eigenvalue weighted by atomic mass is 19.2. The van der Waals surface area contributed by atoms with Crippen molar-refractivity contribution in [3.63, 3.8) is 0 Å². The summed E-state index contributed by atoms with van der Waals surface area (Å²) in [5.41, 5.74) is -0.478. The molecule has 0 N–H and O–H groups in total. The molecule has 0 spiro atoms. The van der Waals surface area contributed by atoms with Crippen LogP contribution in [-0.4, -0.2) is 19.2 Å². The first-order chi connectivity index (χ1) is 19.5. The smallest absolute Gasteiger partial charge is 0.346 e. The molecule has 0 amide bonds. The second-order valence-electron chi connectivity index (χ2n) is 10.9. The maximum Gasteiger partial charge on any atom is 0.346 e. The number of carbonyl (C=O) groups excluding carboxylic acids is 1. The SMILES string of the molecule is CCCCCCCOc1ccc(C(=O)Oc2ccc(OC/C=C/C3CCC(CCCCC)CC3)cc2)c(F)c1F. The van der Waals surface area contributed by atoms with Gasteiger partial charge < -0.3 is 14.2 Å². The summed E-state index contributed by atoms with van der Waals surface area (Å²) in [6.07, 6.45) is 20.0. The van der Waals surface area contributed by atoms with Gasteiger partial charge in [0.05, 0.1) is 12.2 Å². The normalized spacial score (nSPS) is 17.2. The van der Waals surface area contributed by atoms with Gasteiger partial charge in [-0.25, -0.2) is 9.18 Å². The van der Waals surface area contributed by atoms with Gasteiger partial charge in [-0.1, -0.05) is 77.4 Å². The standard InChI is InChI=1S/C34H46F2O4/c1-3-5-7-8-10-24-39-31-23-22-30(32(35)33(31)36)34(37)40-29-20-18-28(19-21-29)38-25-11-13-27-16-14-26(15-17-27)12-9-6-4-2/h11,13,18-23,26-27H,3-10,12,14-17,24-25H2,1-2H3/b13-11+. The van der Waals surface area contributed by atoms with Crippen molar-refractivity contribution in [1.29, 1.82) is 0 Å². The fraction of sp³-hybridized carbons (Fsp3) is 0.559. The molecule has 3 rings (SSSR count). The van der Waals surface area contributed by atoms with Gasteiger partial charge in [-0.3, -0.25) is 0 Å². The number of hydrogen-bond donors (Lipinski definition) is 0. The van der Waals surface area contributed by atoms with Crippen LogP contribution in [0.3, 0.4) is 0 Å². The monoisotopic (exact) mass is 556 g/mol. The fourth-order valence-corrected chi connectivity index (χ4v) is 5.20. The molecule has 40 heavy (non-hydrogen) atoms. The maximum atomic E-state index is 14.6. The van der Waals surface area contributed by atoms with E-state index in [0.29, 0.717) is 24.9 Å². The summed E-state index contributed by atoms with van der Waals surface area (Å²) in [5.74, 6) is -1.24. The number of halogens is 2. The van der Waals surface area contributed by atoms with E-state index < -0.39 is 23.2 Å². The quantitative estimate of drug-likeness (QED) is 0.0842. The van der Waals surface area contributed by atoms with Gasteiger partial charge in [-0.05, 0) is 80.3 Å². The van der Waals surface area contributed by atoms with E-state index in [9.17, 15) is 13.6 Å². The van der Waals surface area contributed by atoms with E-state index in [0.717, 1.165) is 38.0 Å². The Kier molecular flexibility index (Phi) is 14.0. The molecule has 1 aliphatic rings. The number of benzene rings is 2. The van der Waals surface area contributed by atoms with Crippen LogP contribution in [0.2, 0.25) is 0 Å². The van der Waals surface area contributed by atoms with Gasteiger partial charge in [0.1, 0.15) is 18.1 Å². The molecule has 1 aliphatic carbocycles. The van der Waals surface area contributed by atoms with E-state index in [4.69, 9.17) is 14.2 Å². The molecule has 1 saturated carbocycles. The lowest BCUT2D eigenvalue weighted by atomic mass is 9.79. The van der Waals surface area contributed by atoms with Crippen LogP contribution in [-0.2, 0) is 0 Å². The van der Waals surface area contributed by atoms with Gasteiger partial charge in [0.25, 0.3) is 0 Å². The largest absolute Gasteiger partial charge is 0.490 e. The average molecular weight is 557 g/mol. The van der Waals surface area contributed by atoms with Crippen LogP contribution in [0.15, 0.2) is 48.6 Å². The first kappa shape index (κ1) is 31.6. The number of unbranched alkanes of at least 4 members (excludes halogenated alkanes) is 6. The number of hydrogen-bond acceptors (Lipinski definition) is 4. The molecule has 0 aromatic heterocycles. The number of esters is 1. The van der Waals surface area contributed by atoms with Gasteiger partial charge in [0, 0.05) is 0 Å². The fourth-order valence-electron chi connectivity index (χ4n) is 5.20. The molecular weight excluding hydrogens is 510 g/mol. The van der Waals surface area contributed by atoms with Crippen LogP contribution in [0.25, 0.3) is 0 Å². The highest BCUT2D eigenvalue weighted by Crippen LogP contribution is 2.32. The lowest BCUT2D eigenvalue weighted by Crippen LogP contribution is -2.13. The minimum Gasteiger partial charge on any atom is -0.490 e. The number of ether oxygens (including phenoxy) is 3. The molecule has 0 saturated heterocycles. The summed E-state index contributed by atoms with van der Waals surface area (Å²) in [6.45, 7) is 5.15. The predicted molar refractivity (Wildman–Crippen MR) is 156 cm³/mol. The molecule has 2 aromatic carbocycles. The van der Waals surface area contributed by atoms with Crippen molar-refractivity contribution < 1.29 is 27.8 Å². The Morgan fingerprint density at radius 3 is 2.20 bits per heavy atom. The third-order valence-corrected chi connectivity index (χ3v) is 7.67. The van der Waals surface area contributed by atoms with Crippen molar-refractivity contribution in [1.82, 2.24) is 0 Å². The number of allylic oxidation sites excluding steroid dienone is 1. The zero-order valence-corrected chi connectivity index (χ0v) is 24.3. The van der Waals surface area contributed by atoms with Crippen molar-refractivity contribution >= 4 is 5.97 Å². The van der Waals surface area contributed by atoms with Crippen molar-refractivity contribution in [2.24, 2.45) is 11.8 Å². The van der Waals surface area contributed by atoms with Gasteiger partial charge in [-0.2, -0.15) is 4.39 Å². The molecule has 220 valence electrons. The molecule has 4 nitrogen and oxygen atoms in total. The van der Waals surface area contributed by atoms with Crippen LogP contribution in [0.5, 0.6) is 17.2 Å². The molecule has 0 bridgehead atoms. The highest BCUT2D eigenvalue weighted by molar-refractivity contribution is 5.91. The second kappa shape index (κ2) is 17.7. The van der Waals surface area contributed by atoms with Crippen molar-refractivity contribution in [2.45, 2.75) is 97.3 Å². The van der Waals surface area contributed by atoms with E-state index in [2.05, 4.69) is 26.0 Å². The van der Waals surface area contributed by atoms with Crippen LogP contribution in [0.4, 0.5) is 8.78 Å². The Balaban J connectivity index is 1.39. The van der Waals surface area contributed by atoms with Crippen molar-refractivity contribution in [3.05, 3.63) is 65.7 Å². The Morgan fingerprint density at radius 2 is 1.48 bits per heavy atom. The lowest BCUT2D eigenvalue weighted by Gasteiger charge is -2.26. The third kappa shape index (κ3) is 10.6. The topological polar surface area (TPSA) is 44.8 Å². The Hall–Kier alpha value is -2.89. The van der Waals surface area contributed by atoms with Crippen LogP contribution in [0, 0.1) is 23.5 Å². The average Bonchev–Trinajstić information content (AvgIpc) is 2.97. The summed E-state index contributed by atoms with van der Waals surface area (Å²) in [5, 5.41) is 0. The Bertz CT molecular complexity index is 1040. The van der Waals surface area contributed by atoms with Crippen LogP contribution in [0.1, 0.15) is 108 Å². The first-order valence-electron chi connectivity index (χ1n) is 15.2. The van der Waals surface area contributed by atoms with E-state index in [1.54, 1.807) is 24.3 Å². The summed E-state index contributed by atoms with van der Waals surface area (Å²) >= 11 is 0. The summed E-state index contributed by atoms with van der Waals surface area (Å²) < 4.78 is 45.4. The van der Waals surface area contributed by atoms with E-state index in [-0.39, 0.29) is 11.5 Å². The molecule has 0 heterocycles. The van der Waals surface area contributed by atoms with Gasteiger partial charge in [0.2, 0.25) is 5.82 Å². The molecule has 6 heteroatoms. The van der Waals surface area contributed by atoms with E-state index >= 15 is 0 Å². The Morgan fingerprint density at radius 1 is 0.800 bits per heavy atom. The van der Waals surface area contributed by atoms with Gasteiger partial charge in [-0.15, -0.1) is 0 Å². The summed E-state index contributed by atoms with van der Waals surface area (Å²) in [4.78, 5) is 12.5. The molecule has 2 aromatic rings. The zero-order valence-electron chi connectivity index (χ0n) is 24.3. The van der Waals surface area contributed by atoms with Gasteiger partial charge >= 0.3 is 5.97 Å². The molecule has 0 radical (unpaired) electrons. The third-order valence-electron chi connectivity index (χ3n) is 7.67. The van der Waals surface area contributed by atoms with Crippen LogP contribution < -0.4 is 14.2 Å². The predicted octanol–water partition coefficient (Wildman–Crippen LogP) is 9.85. The number of carbonyl (C=O) groups is 1. The molecule has 0 atom stereocenters. The Labute approximate surface area is 239 Å². The molecular formula is C34H46F2O4. The highest BCUT2D eigenvalue weighted by Gasteiger charge is 2.21. The maximum absolute atomic E-state index is 14.6. The van der Waals surface area contributed by atoms with Gasteiger partial charge in [0.15, 0.2) is 11.6 Å². The minimum atomic E-state index is -1.27.